The number of rotatable bonds is 0. The molecule has 0 spiro atoms. The smallest absolute Gasteiger partial charge is 0.407 e. The first-order chi connectivity index (χ1) is 5.29. The zero-order chi connectivity index (χ0) is 7.84. The summed E-state index contributed by atoms with van der Waals surface area (Å²) in [5, 5.41) is 11.9. The summed E-state index contributed by atoms with van der Waals surface area (Å²) in [6, 6.07) is 0.314. The summed E-state index contributed by atoms with van der Waals surface area (Å²) in [7, 11) is 0. The lowest BCUT2D eigenvalue weighted by Gasteiger charge is -2.49. The molecule has 0 aromatic heterocycles. The molecule has 4 heteroatoms. The zero-order valence-corrected chi connectivity index (χ0v) is 6.29. The summed E-state index contributed by atoms with van der Waals surface area (Å²) in [5.41, 5.74) is 0. The van der Waals surface area contributed by atoms with Crippen molar-refractivity contribution in [3.63, 3.8) is 0 Å². The van der Waals surface area contributed by atoms with Gasteiger partial charge in [0.15, 0.2) is 0 Å². The first-order valence-corrected chi connectivity index (χ1v) is 3.99. The van der Waals surface area contributed by atoms with Crippen LogP contribution in [0.2, 0.25) is 0 Å². The highest BCUT2D eigenvalue weighted by atomic mass is 16.4. The van der Waals surface area contributed by atoms with Gasteiger partial charge in [-0.15, -0.1) is 0 Å². The SMILES string of the molecule is O=C(O)N1CC2CNCCC21. The summed E-state index contributed by atoms with van der Waals surface area (Å²) in [6.07, 6.45) is 0.227. The maximum absolute atomic E-state index is 10.5. The Bertz CT molecular complexity index is 183. The number of hydrogen-bond donors (Lipinski definition) is 2. The molecule has 2 N–H and O–H groups in total. The molecule has 2 aliphatic heterocycles. The van der Waals surface area contributed by atoms with Crippen molar-refractivity contribution in [2.24, 2.45) is 5.92 Å². The van der Waals surface area contributed by atoms with Crippen LogP contribution in [0.4, 0.5) is 4.79 Å². The van der Waals surface area contributed by atoms with Crippen LogP contribution in [0.15, 0.2) is 0 Å². The zero-order valence-electron chi connectivity index (χ0n) is 6.29. The lowest BCUT2D eigenvalue weighted by Crippen LogP contribution is -2.64. The average molecular weight is 156 g/mol. The molecular weight excluding hydrogens is 144 g/mol. The Morgan fingerprint density at radius 3 is 3.09 bits per heavy atom. The maximum atomic E-state index is 10.5. The number of fused-ring (bicyclic) bond motifs is 1. The van der Waals surface area contributed by atoms with E-state index in [0.717, 1.165) is 26.1 Å². The number of hydrogen-bond acceptors (Lipinski definition) is 2. The molecular formula is C7H12N2O2. The van der Waals surface area contributed by atoms with Crippen LogP contribution in [-0.4, -0.2) is 41.8 Å². The molecule has 11 heavy (non-hydrogen) atoms. The summed E-state index contributed by atoms with van der Waals surface area (Å²) in [6.45, 7) is 2.69. The number of nitrogens with one attached hydrogen (secondary N) is 1. The second-order valence-corrected chi connectivity index (χ2v) is 3.26. The van der Waals surface area contributed by atoms with Crippen LogP contribution >= 0.6 is 0 Å². The van der Waals surface area contributed by atoms with Gasteiger partial charge in [0.1, 0.15) is 0 Å². The van der Waals surface area contributed by atoms with Gasteiger partial charge in [-0.1, -0.05) is 0 Å². The van der Waals surface area contributed by atoms with Gasteiger partial charge in [-0.2, -0.15) is 0 Å². The molecule has 62 valence electrons. The van der Waals surface area contributed by atoms with Crippen LogP contribution in [0.1, 0.15) is 6.42 Å². The van der Waals surface area contributed by atoms with E-state index in [1.54, 1.807) is 4.90 Å². The fourth-order valence-corrected chi connectivity index (χ4v) is 1.98. The predicted molar refractivity (Wildman–Crippen MR) is 39.5 cm³/mol. The van der Waals surface area contributed by atoms with Crippen molar-refractivity contribution in [2.75, 3.05) is 19.6 Å². The van der Waals surface area contributed by atoms with Gasteiger partial charge in [-0.3, -0.25) is 0 Å². The minimum absolute atomic E-state index is 0.314. The van der Waals surface area contributed by atoms with Crippen molar-refractivity contribution in [3.8, 4) is 0 Å². The van der Waals surface area contributed by atoms with E-state index < -0.39 is 6.09 Å². The van der Waals surface area contributed by atoms with Crippen molar-refractivity contribution >= 4 is 6.09 Å². The molecule has 0 bridgehead atoms. The van der Waals surface area contributed by atoms with Gasteiger partial charge >= 0.3 is 6.09 Å². The monoisotopic (exact) mass is 156 g/mol. The number of likely N-dealkylation sites (tertiary alicyclic amines) is 1. The number of carbonyl (C=O) groups is 1. The van der Waals surface area contributed by atoms with Crippen molar-refractivity contribution < 1.29 is 9.90 Å². The lowest BCUT2D eigenvalue weighted by molar-refractivity contribution is 0.00659. The molecule has 2 saturated heterocycles. The van der Waals surface area contributed by atoms with Crippen molar-refractivity contribution in [1.29, 1.82) is 0 Å². The van der Waals surface area contributed by atoms with Gasteiger partial charge in [-0.25, -0.2) is 4.79 Å². The average Bonchev–Trinajstić information content (AvgIpc) is 1.90. The van der Waals surface area contributed by atoms with Gasteiger partial charge in [-0.05, 0) is 13.0 Å². The van der Waals surface area contributed by atoms with Crippen LogP contribution in [-0.2, 0) is 0 Å². The molecule has 2 heterocycles. The van der Waals surface area contributed by atoms with E-state index in [2.05, 4.69) is 5.32 Å². The molecule has 0 aromatic rings. The second kappa shape index (κ2) is 2.37. The molecule has 2 atom stereocenters. The first-order valence-electron chi connectivity index (χ1n) is 3.99. The third kappa shape index (κ3) is 0.976. The fourth-order valence-electron chi connectivity index (χ4n) is 1.98. The maximum Gasteiger partial charge on any atom is 0.407 e. The van der Waals surface area contributed by atoms with Gasteiger partial charge in [0, 0.05) is 25.0 Å². The Labute approximate surface area is 65.2 Å². The molecule has 0 saturated carbocycles. The first kappa shape index (κ1) is 6.91. The standard InChI is InChI=1S/C7H12N2O2/c10-7(11)9-4-5-3-8-2-1-6(5)9/h5-6,8H,1-4H2,(H,10,11). The Morgan fingerprint density at radius 2 is 2.45 bits per heavy atom. The number of carboxylic acid groups (broad SMARTS) is 1. The van der Waals surface area contributed by atoms with Crippen molar-refractivity contribution in [2.45, 2.75) is 12.5 Å². The molecule has 2 rings (SSSR count). The molecule has 0 aliphatic carbocycles. The van der Waals surface area contributed by atoms with Crippen LogP contribution < -0.4 is 5.32 Å². The molecule has 0 aromatic carbocycles. The number of nitrogens with zero attached hydrogens (tertiary/aromatic N) is 1. The van der Waals surface area contributed by atoms with Crippen LogP contribution in [0, 0.1) is 5.92 Å². The Kier molecular flexibility index (Phi) is 1.49. The normalized spacial score (nSPS) is 35.8. The lowest BCUT2D eigenvalue weighted by atomic mass is 9.84. The van der Waals surface area contributed by atoms with E-state index in [-0.39, 0.29) is 0 Å². The highest BCUT2D eigenvalue weighted by Crippen LogP contribution is 2.28. The third-order valence-corrected chi connectivity index (χ3v) is 2.64. The molecule has 2 fully saturated rings. The predicted octanol–water partition coefficient (Wildman–Crippen LogP) is -0.0419. The quantitative estimate of drug-likeness (QED) is 0.517. The highest BCUT2D eigenvalue weighted by Gasteiger charge is 2.42. The summed E-state index contributed by atoms with van der Waals surface area (Å²) in [5.74, 6) is 0.583. The topological polar surface area (TPSA) is 52.6 Å². The van der Waals surface area contributed by atoms with Gasteiger partial charge in [0.05, 0.1) is 0 Å². The summed E-state index contributed by atoms with van der Waals surface area (Å²) < 4.78 is 0. The van der Waals surface area contributed by atoms with Gasteiger partial charge < -0.3 is 15.3 Å². The number of piperidine rings is 1. The fraction of sp³-hybridized carbons (Fsp3) is 0.857. The van der Waals surface area contributed by atoms with E-state index >= 15 is 0 Å². The Morgan fingerprint density at radius 1 is 1.64 bits per heavy atom. The van der Waals surface area contributed by atoms with Crippen LogP contribution in [0.25, 0.3) is 0 Å². The molecule has 2 unspecified atom stereocenters. The summed E-state index contributed by atoms with van der Waals surface area (Å²) >= 11 is 0. The van der Waals surface area contributed by atoms with E-state index in [9.17, 15) is 4.79 Å². The van der Waals surface area contributed by atoms with Crippen LogP contribution in [0.3, 0.4) is 0 Å². The van der Waals surface area contributed by atoms with Crippen LogP contribution in [0.5, 0.6) is 0 Å². The number of amides is 1. The minimum Gasteiger partial charge on any atom is -0.465 e. The largest absolute Gasteiger partial charge is 0.465 e. The van der Waals surface area contributed by atoms with Gasteiger partial charge in [0.2, 0.25) is 0 Å². The van der Waals surface area contributed by atoms with E-state index in [1.165, 1.54) is 0 Å². The van der Waals surface area contributed by atoms with Crippen molar-refractivity contribution in [1.82, 2.24) is 10.2 Å². The second-order valence-electron chi connectivity index (χ2n) is 3.26. The Hall–Kier alpha value is -0.770. The van der Waals surface area contributed by atoms with E-state index in [0.29, 0.717) is 12.0 Å². The minimum atomic E-state index is -0.756. The molecule has 0 radical (unpaired) electrons. The highest BCUT2D eigenvalue weighted by molar-refractivity contribution is 5.66. The molecule has 4 nitrogen and oxygen atoms in total. The summed E-state index contributed by atoms with van der Waals surface area (Å²) in [4.78, 5) is 12.1. The van der Waals surface area contributed by atoms with Crippen molar-refractivity contribution in [3.05, 3.63) is 0 Å². The molecule has 1 amide bonds. The van der Waals surface area contributed by atoms with E-state index in [1.807, 2.05) is 0 Å². The van der Waals surface area contributed by atoms with E-state index in [4.69, 9.17) is 5.11 Å². The molecule has 2 aliphatic rings. The third-order valence-electron chi connectivity index (χ3n) is 2.64. The van der Waals surface area contributed by atoms with Gasteiger partial charge in [0.25, 0.3) is 0 Å². The Balaban J connectivity index is 1.96.